The zero-order valence-electron chi connectivity index (χ0n) is 24.2. The Bertz CT molecular complexity index is 2010. The van der Waals surface area contributed by atoms with Gasteiger partial charge < -0.3 is 16.2 Å². The standard InChI is InChI=1S/C33H29N11O/c34-18-30-36-15-11-29(42-30)39-22-12-16-43(17-13-22)20-21-3-5-23(6-4-21)44-32(25-2-1-14-37-31(25)35)41-28-10-9-27(40-33(28)44)26-8-7-24(45)19-38-26/h1-11,14-15,19,22,45H,12-13,16-17,20H2,(H2,35,37)(H,36,39,42). The van der Waals surface area contributed by atoms with Gasteiger partial charge in [0.15, 0.2) is 11.5 Å². The number of likely N-dealkylation sites (tertiary alicyclic amines) is 1. The maximum atomic E-state index is 9.70. The summed E-state index contributed by atoms with van der Waals surface area (Å²) >= 11 is 0. The zero-order valence-corrected chi connectivity index (χ0v) is 24.2. The number of nitrogens with two attached hydrogens (primary N) is 1. The van der Waals surface area contributed by atoms with Gasteiger partial charge >= 0.3 is 0 Å². The van der Waals surface area contributed by atoms with Crippen LogP contribution >= 0.6 is 0 Å². The predicted octanol–water partition coefficient (Wildman–Crippen LogP) is 4.57. The van der Waals surface area contributed by atoms with Crippen molar-refractivity contribution in [3.05, 3.63) is 96.7 Å². The number of fused-ring (bicyclic) bond motifs is 1. The van der Waals surface area contributed by atoms with E-state index in [4.69, 9.17) is 21.0 Å². The summed E-state index contributed by atoms with van der Waals surface area (Å²) in [5, 5.41) is 22.2. The molecule has 1 aliphatic heterocycles. The molecule has 7 rings (SSSR count). The van der Waals surface area contributed by atoms with E-state index in [1.165, 1.54) is 11.8 Å². The summed E-state index contributed by atoms with van der Waals surface area (Å²) in [7, 11) is 0. The number of nitrogen functional groups attached to an aromatic ring is 1. The number of aromatic hydroxyl groups is 1. The SMILES string of the molecule is N#Cc1nccc(NC2CCN(Cc3ccc(-n4c(-c5cccnc5N)nc5ccc(-c6ccc(O)cn6)nc54)cc3)CC2)n1. The average molecular weight is 596 g/mol. The van der Waals surface area contributed by atoms with Crippen molar-refractivity contribution < 1.29 is 5.11 Å². The van der Waals surface area contributed by atoms with Gasteiger partial charge in [-0.1, -0.05) is 12.1 Å². The van der Waals surface area contributed by atoms with Crippen molar-refractivity contribution in [3.63, 3.8) is 0 Å². The van der Waals surface area contributed by atoms with Gasteiger partial charge in [0.05, 0.1) is 23.1 Å². The maximum Gasteiger partial charge on any atom is 0.234 e. The fraction of sp³-hybridized carbons (Fsp3) is 0.182. The van der Waals surface area contributed by atoms with E-state index in [2.05, 4.69) is 54.4 Å². The Morgan fingerprint density at radius 2 is 1.71 bits per heavy atom. The molecule has 0 aliphatic carbocycles. The molecule has 6 aromatic rings. The molecule has 0 radical (unpaired) electrons. The molecule has 6 heterocycles. The van der Waals surface area contributed by atoms with E-state index in [0.717, 1.165) is 38.2 Å². The fourth-order valence-corrected chi connectivity index (χ4v) is 5.62. The Kier molecular flexibility index (Phi) is 7.42. The van der Waals surface area contributed by atoms with Crippen molar-refractivity contribution in [1.82, 2.24) is 39.4 Å². The number of anilines is 2. The minimum atomic E-state index is 0.0951. The molecule has 12 nitrogen and oxygen atoms in total. The second-order valence-electron chi connectivity index (χ2n) is 10.9. The Hall–Kier alpha value is -5.93. The van der Waals surface area contributed by atoms with E-state index in [1.807, 2.05) is 34.9 Å². The maximum absolute atomic E-state index is 9.70. The van der Waals surface area contributed by atoms with E-state index < -0.39 is 0 Å². The van der Waals surface area contributed by atoms with Crippen LogP contribution in [-0.2, 0) is 6.54 Å². The lowest BCUT2D eigenvalue weighted by molar-refractivity contribution is 0.211. The third-order valence-electron chi connectivity index (χ3n) is 7.89. The number of hydrogen-bond acceptors (Lipinski definition) is 11. The molecule has 1 fully saturated rings. The Morgan fingerprint density at radius 3 is 2.47 bits per heavy atom. The normalized spacial score (nSPS) is 13.9. The lowest BCUT2D eigenvalue weighted by Crippen LogP contribution is -2.38. The van der Waals surface area contributed by atoms with Crippen LogP contribution in [0.15, 0.2) is 85.3 Å². The third-order valence-corrected chi connectivity index (χ3v) is 7.89. The van der Waals surface area contributed by atoms with Gasteiger partial charge in [-0.25, -0.2) is 24.9 Å². The summed E-state index contributed by atoms with van der Waals surface area (Å²) in [6, 6.07) is 23.4. The van der Waals surface area contributed by atoms with Crippen molar-refractivity contribution >= 4 is 22.8 Å². The van der Waals surface area contributed by atoms with Gasteiger partial charge in [0, 0.05) is 43.8 Å². The summed E-state index contributed by atoms with van der Waals surface area (Å²) < 4.78 is 2.00. The molecule has 0 unspecified atom stereocenters. The molecular formula is C33H29N11O. The van der Waals surface area contributed by atoms with Crippen LogP contribution in [0, 0.1) is 11.3 Å². The van der Waals surface area contributed by atoms with Crippen LogP contribution in [-0.4, -0.2) is 63.6 Å². The largest absolute Gasteiger partial charge is 0.506 e. The van der Waals surface area contributed by atoms with Crippen LogP contribution in [0.3, 0.4) is 0 Å². The number of benzene rings is 1. The Morgan fingerprint density at radius 1 is 0.889 bits per heavy atom. The predicted molar refractivity (Wildman–Crippen MR) is 170 cm³/mol. The molecule has 45 heavy (non-hydrogen) atoms. The molecule has 1 saturated heterocycles. The van der Waals surface area contributed by atoms with E-state index in [1.54, 1.807) is 30.6 Å². The van der Waals surface area contributed by atoms with Gasteiger partial charge in [0.25, 0.3) is 0 Å². The molecule has 0 amide bonds. The summed E-state index contributed by atoms with van der Waals surface area (Å²) in [5.41, 5.74) is 11.8. The summed E-state index contributed by atoms with van der Waals surface area (Å²) in [6.45, 7) is 2.73. The topological polar surface area (TPSA) is 168 Å². The first-order valence-electron chi connectivity index (χ1n) is 14.6. The molecule has 222 valence electrons. The summed E-state index contributed by atoms with van der Waals surface area (Å²) in [6.07, 6.45) is 6.62. The van der Waals surface area contributed by atoms with E-state index in [0.29, 0.717) is 51.6 Å². The number of nitrogens with zero attached hydrogens (tertiary/aromatic N) is 9. The van der Waals surface area contributed by atoms with Crippen molar-refractivity contribution in [2.45, 2.75) is 25.4 Å². The first-order valence-corrected chi connectivity index (χ1v) is 14.6. The number of nitrogens with one attached hydrogen (secondary N) is 1. The number of rotatable bonds is 7. The van der Waals surface area contributed by atoms with Crippen molar-refractivity contribution in [3.8, 4) is 40.3 Å². The van der Waals surface area contributed by atoms with Gasteiger partial charge in [-0.2, -0.15) is 5.26 Å². The average Bonchev–Trinajstić information content (AvgIpc) is 3.45. The number of hydrogen-bond donors (Lipinski definition) is 3. The number of piperidine rings is 1. The Balaban J connectivity index is 1.13. The highest BCUT2D eigenvalue weighted by Gasteiger charge is 2.21. The van der Waals surface area contributed by atoms with Gasteiger partial charge in [0.2, 0.25) is 5.82 Å². The molecule has 5 aromatic heterocycles. The second-order valence-corrected chi connectivity index (χ2v) is 10.9. The van der Waals surface area contributed by atoms with Crippen LogP contribution in [0.1, 0.15) is 24.2 Å². The second kappa shape index (κ2) is 12.0. The monoisotopic (exact) mass is 595 g/mol. The third kappa shape index (κ3) is 5.84. The molecule has 0 saturated carbocycles. The van der Waals surface area contributed by atoms with Crippen molar-refractivity contribution in [2.24, 2.45) is 0 Å². The highest BCUT2D eigenvalue weighted by molar-refractivity contribution is 5.84. The van der Waals surface area contributed by atoms with Crippen LogP contribution < -0.4 is 11.1 Å². The summed E-state index contributed by atoms with van der Waals surface area (Å²) in [5.74, 6) is 1.99. The van der Waals surface area contributed by atoms with Crippen molar-refractivity contribution in [1.29, 1.82) is 5.26 Å². The Labute approximate surface area is 258 Å². The highest BCUT2D eigenvalue weighted by atomic mass is 16.3. The van der Waals surface area contributed by atoms with Gasteiger partial charge in [0.1, 0.15) is 29.0 Å². The summed E-state index contributed by atoms with van der Waals surface area (Å²) in [4.78, 5) is 29.1. The van der Waals surface area contributed by atoms with Gasteiger partial charge in [-0.3, -0.25) is 14.5 Å². The van der Waals surface area contributed by atoms with Crippen LogP contribution in [0.4, 0.5) is 11.6 Å². The molecule has 4 N–H and O–H groups in total. The highest BCUT2D eigenvalue weighted by Crippen LogP contribution is 2.32. The number of aromatic nitrogens is 7. The first-order chi connectivity index (χ1) is 22.0. The molecule has 0 spiro atoms. The van der Waals surface area contributed by atoms with E-state index in [-0.39, 0.29) is 11.6 Å². The van der Waals surface area contributed by atoms with E-state index in [9.17, 15) is 5.11 Å². The number of imidazole rings is 1. The zero-order chi connectivity index (χ0) is 30.8. The number of nitriles is 1. The van der Waals surface area contributed by atoms with Gasteiger partial charge in [-0.05, 0) is 73.0 Å². The minimum absolute atomic E-state index is 0.0951. The fourth-order valence-electron chi connectivity index (χ4n) is 5.62. The molecular weight excluding hydrogens is 566 g/mol. The van der Waals surface area contributed by atoms with Crippen LogP contribution in [0.2, 0.25) is 0 Å². The lowest BCUT2D eigenvalue weighted by Gasteiger charge is -2.32. The minimum Gasteiger partial charge on any atom is -0.506 e. The molecule has 0 bridgehead atoms. The first kappa shape index (κ1) is 27.9. The smallest absolute Gasteiger partial charge is 0.234 e. The van der Waals surface area contributed by atoms with Gasteiger partial charge in [-0.15, -0.1) is 0 Å². The van der Waals surface area contributed by atoms with Crippen molar-refractivity contribution in [2.75, 3.05) is 24.1 Å². The lowest BCUT2D eigenvalue weighted by atomic mass is 10.0. The molecule has 1 aliphatic rings. The quantitative estimate of drug-likeness (QED) is 0.236. The molecule has 1 aromatic carbocycles. The van der Waals surface area contributed by atoms with Crippen LogP contribution in [0.5, 0.6) is 5.75 Å². The molecule has 0 atom stereocenters. The van der Waals surface area contributed by atoms with Crippen LogP contribution in [0.25, 0.3) is 39.6 Å². The molecule has 12 heteroatoms. The van der Waals surface area contributed by atoms with E-state index >= 15 is 0 Å². The number of pyridine rings is 3.